The average molecular weight is 172 g/mol. The van der Waals surface area contributed by atoms with E-state index in [1.54, 1.807) is 0 Å². The van der Waals surface area contributed by atoms with Gasteiger partial charge < -0.3 is 10.2 Å². The van der Waals surface area contributed by atoms with Crippen LogP contribution in [0.4, 0.5) is 0 Å². The first-order chi connectivity index (χ1) is 5.72. The van der Waals surface area contributed by atoms with Crippen molar-refractivity contribution in [1.82, 2.24) is 0 Å². The highest BCUT2D eigenvalue weighted by Crippen LogP contribution is 2.25. The van der Waals surface area contributed by atoms with E-state index in [9.17, 15) is 9.90 Å². The Morgan fingerprint density at radius 2 is 1.67 bits per heavy atom. The molecule has 1 aliphatic rings. The van der Waals surface area contributed by atoms with Crippen LogP contribution < -0.4 is 0 Å². The van der Waals surface area contributed by atoms with Crippen LogP contribution in [0, 0.1) is 5.92 Å². The standard InChI is InChI=1S/C9H16O3/c10-8(9(11)12)7-5-3-1-2-4-6-7/h7-8,10H,1-6H2,(H,11,12)/t8-/m0/s1. The van der Waals surface area contributed by atoms with Gasteiger partial charge in [-0.2, -0.15) is 0 Å². The van der Waals surface area contributed by atoms with E-state index in [0.29, 0.717) is 0 Å². The molecule has 1 atom stereocenters. The topological polar surface area (TPSA) is 57.5 Å². The minimum atomic E-state index is -1.14. The van der Waals surface area contributed by atoms with Crippen LogP contribution in [0.2, 0.25) is 0 Å². The smallest absolute Gasteiger partial charge is 0.332 e. The van der Waals surface area contributed by atoms with Crippen LogP contribution in [0.5, 0.6) is 0 Å². The molecule has 70 valence electrons. The summed E-state index contributed by atoms with van der Waals surface area (Å²) in [5.41, 5.74) is 0. The van der Waals surface area contributed by atoms with Gasteiger partial charge in [0.1, 0.15) is 0 Å². The predicted octanol–water partition coefficient (Wildman–Crippen LogP) is 1.40. The maximum absolute atomic E-state index is 10.5. The van der Waals surface area contributed by atoms with Crippen molar-refractivity contribution in [2.75, 3.05) is 0 Å². The van der Waals surface area contributed by atoms with Crippen LogP contribution in [0.25, 0.3) is 0 Å². The van der Waals surface area contributed by atoms with Gasteiger partial charge in [-0.1, -0.05) is 25.7 Å². The van der Waals surface area contributed by atoms with Crippen molar-refractivity contribution in [3.8, 4) is 0 Å². The lowest BCUT2D eigenvalue weighted by Gasteiger charge is -2.16. The Morgan fingerprint density at radius 3 is 2.08 bits per heavy atom. The molecule has 0 aromatic heterocycles. The summed E-state index contributed by atoms with van der Waals surface area (Å²) in [6.07, 6.45) is 5.10. The lowest BCUT2D eigenvalue weighted by molar-refractivity contribution is -0.149. The minimum absolute atomic E-state index is 0.00926. The fourth-order valence-electron chi connectivity index (χ4n) is 1.83. The van der Waals surface area contributed by atoms with Gasteiger partial charge in [0.05, 0.1) is 0 Å². The van der Waals surface area contributed by atoms with E-state index in [2.05, 4.69) is 0 Å². The van der Waals surface area contributed by atoms with Crippen molar-refractivity contribution in [2.45, 2.75) is 44.6 Å². The van der Waals surface area contributed by atoms with Crippen molar-refractivity contribution in [1.29, 1.82) is 0 Å². The number of aliphatic hydroxyl groups is 1. The zero-order chi connectivity index (χ0) is 8.97. The Bertz CT molecular complexity index is 148. The maximum atomic E-state index is 10.5. The molecule has 1 fully saturated rings. The summed E-state index contributed by atoms with van der Waals surface area (Å²) in [5.74, 6) is -1.08. The quantitative estimate of drug-likeness (QED) is 0.619. The highest BCUT2D eigenvalue weighted by atomic mass is 16.4. The molecular weight excluding hydrogens is 156 g/mol. The highest BCUT2D eigenvalue weighted by molar-refractivity contribution is 5.72. The number of carbonyl (C=O) groups is 1. The molecule has 0 aromatic carbocycles. The third-order valence-corrected chi connectivity index (χ3v) is 2.60. The van der Waals surface area contributed by atoms with Gasteiger partial charge in [0.15, 0.2) is 6.10 Å². The molecule has 0 radical (unpaired) electrons. The van der Waals surface area contributed by atoms with Crippen molar-refractivity contribution < 1.29 is 15.0 Å². The first-order valence-corrected chi connectivity index (χ1v) is 4.62. The second kappa shape index (κ2) is 4.45. The number of aliphatic carboxylic acids is 1. The van der Waals surface area contributed by atoms with Gasteiger partial charge in [0, 0.05) is 0 Å². The molecule has 1 aliphatic carbocycles. The van der Waals surface area contributed by atoms with Crippen LogP contribution >= 0.6 is 0 Å². The fourth-order valence-corrected chi connectivity index (χ4v) is 1.83. The molecule has 0 unspecified atom stereocenters. The first-order valence-electron chi connectivity index (χ1n) is 4.62. The summed E-state index contributed by atoms with van der Waals surface area (Å²) in [6.45, 7) is 0. The highest BCUT2D eigenvalue weighted by Gasteiger charge is 2.25. The van der Waals surface area contributed by atoms with Gasteiger partial charge in [-0.25, -0.2) is 4.79 Å². The number of aliphatic hydroxyl groups excluding tert-OH is 1. The third-order valence-electron chi connectivity index (χ3n) is 2.60. The van der Waals surface area contributed by atoms with Gasteiger partial charge >= 0.3 is 5.97 Å². The molecule has 2 N–H and O–H groups in total. The zero-order valence-corrected chi connectivity index (χ0v) is 7.20. The normalized spacial score (nSPS) is 23.1. The van der Waals surface area contributed by atoms with Gasteiger partial charge in [-0.15, -0.1) is 0 Å². The SMILES string of the molecule is O=C(O)[C@@H](O)C1CCCCCC1. The molecule has 0 spiro atoms. The van der Waals surface area contributed by atoms with E-state index in [1.807, 2.05) is 0 Å². The molecule has 0 aromatic rings. The number of carboxylic acid groups (broad SMARTS) is 1. The Labute approximate surface area is 72.4 Å². The number of rotatable bonds is 2. The van der Waals surface area contributed by atoms with E-state index in [1.165, 1.54) is 12.8 Å². The average Bonchev–Trinajstić information content (AvgIpc) is 2.30. The van der Waals surface area contributed by atoms with Crippen molar-refractivity contribution in [3.63, 3.8) is 0 Å². The predicted molar refractivity (Wildman–Crippen MR) is 44.8 cm³/mol. The molecule has 3 nitrogen and oxygen atoms in total. The molecule has 12 heavy (non-hydrogen) atoms. The van der Waals surface area contributed by atoms with Gasteiger partial charge in [0.2, 0.25) is 0 Å². The van der Waals surface area contributed by atoms with Crippen molar-refractivity contribution in [3.05, 3.63) is 0 Å². The molecule has 0 bridgehead atoms. The maximum Gasteiger partial charge on any atom is 0.332 e. The summed E-state index contributed by atoms with van der Waals surface area (Å²) in [7, 11) is 0. The Balaban J connectivity index is 2.42. The monoisotopic (exact) mass is 172 g/mol. The van der Waals surface area contributed by atoms with Crippen LogP contribution in [0.1, 0.15) is 38.5 Å². The molecule has 3 heteroatoms. The second-order valence-corrected chi connectivity index (χ2v) is 3.53. The molecule has 0 amide bonds. The number of carboxylic acids is 1. The van der Waals surface area contributed by atoms with Gasteiger partial charge in [0.25, 0.3) is 0 Å². The molecular formula is C9H16O3. The molecule has 0 heterocycles. The summed E-state index contributed by atoms with van der Waals surface area (Å²) >= 11 is 0. The Kier molecular flexibility index (Phi) is 3.53. The van der Waals surface area contributed by atoms with Crippen LogP contribution in [0.15, 0.2) is 0 Å². The van der Waals surface area contributed by atoms with Gasteiger partial charge in [-0.05, 0) is 18.8 Å². The Hall–Kier alpha value is -0.570. The summed E-state index contributed by atoms with van der Waals surface area (Å²) in [6, 6.07) is 0. The van der Waals surface area contributed by atoms with Crippen LogP contribution in [0.3, 0.4) is 0 Å². The zero-order valence-electron chi connectivity index (χ0n) is 7.20. The largest absolute Gasteiger partial charge is 0.479 e. The second-order valence-electron chi connectivity index (χ2n) is 3.53. The lowest BCUT2D eigenvalue weighted by atomic mass is 9.94. The van der Waals surface area contributed by atoms with E-state index >= 15 is 0 Å². The van der Waals surface area contributed by atoms with Crippen molar-refractivity contribution in [2.24, 2.45) is 5.92 Å². The van der Waals surface area contributed by atoms with E-state index in [-0.39, 0.29) is 5.92 Å². The summed E-state index contributed by atoms with van der Waals surface area (Å²) in [5, 5.41) is 17.9. The number of hydrogen-bond acceptors (Lipinski definition) is 2. The van der Waals surface area contributed by atoms with E-state index in [4.69, 9.17) is 5.11 Å². The van der Waals surface area contributed by atoms with E-state index in [0.717, 1.165) is 25.7 Å². The molecule has 1 saturated carbocycles. The van der Waals surface area contributed by atoms with Crippen molar-refractivity contribution >= 4 is 5.97 Å². The minimum Gasteiger partial charge on any atom is -0.479 e. The van der Waals surface area contributed by atoms with Gasteiger partial charge in [-0.3, -0.25) is 0 Å². The van der Waals surface area contributed by atoms with E-state index < -0.39 is 12.1 Å². The first kappa shape index (κ1) is 9.52. The summed E-state index contributed by atoms with van der Waals surface area (Å²) in [4.78, 5) is 10.5. The fraction of sp³-hybridized carbons (Fsp3) is 0.889. The van der Waals surface area contributed by atoms with Crippen LogP contribution in [-0.2, 0) is 4.79 Å². The van der Waals surface area contributed by atoms with Crippen LogP contribution in [-0.4, -0.2) is 22.3 Å². The molecule has 0 saturated heterocycles. The summed E-state index contributed by atoms with van der Waals surface area (Å²) < 4.78 is 0. The molecule has 1 rings (SSSR count). The lowest BCUT2D eigenvalue weighted by Crippen LogP contribution is -2.28. The third kappa shape index (κ3) is 2.48. The molecule has 0 aliphatic heterocycles. The Morgan fingerprint density at radius 1 is 1.17 bits per heavy atom. The number of hydrogen-bond donors (Lipinski definition) is 2.